The maximum absolute atomic E-state index is 10.4. The molecule has 0 aliphatic rings. The first-order valence-corrected chi connectivity index (χ1v) is 2.63. The summed E-state index contributed by atoms with van der Waals surface area (Å²) in [6, 6.07) is -0.196. The number of hydrogen-bond donors (Lipinski definition) is 3. The molecule has 5 nitrogen and oxygen atoms in total. The summed E-state index contributed by atoms with van der Waals surface area (Å²) in [7, 11) is 0. The SMILES string of the molecule is [2H]c1cc([2H])c(O)c(N([O])O)c1O. The minimum Gasteiger partial charge on any atom is -0.505 e. The minimum absolute atomic E-state index is 0.521. The Balaban J connectivity index is 3.46. The predicted molar refractivity (Wildman–Crippen MR) is 34.7 cm³/mol. The molecule has 0 saturated carbocycles. The van der Waals surface area contributed by atoms with E-state index in [1.807, 2.05) is 0 Å². The lowest BCUT2D eigenvalue weighted by molar-refractivity contribution is -0.0286. The summed E-state index contributed by atoms with van der Waals surface area (Å²) in [6.45, 7) is 0. The van der Waals surface area contributed by atoms with Gasteiger partial charge in [0.25, 0.3) is 0 Å². The fourth-order valence-electron chi connectivity index (χ4n) is 0.603. The standard InChI is InChI=1S/C6H6NO4/c8-4-2-1-3-5(9)6(4)7(10)11/h1-3,8-10H/i2D,3D. The molecule has 0 aliphatic carbocycles. The van der Waals surface area contributed by atoms with Gasteiger partial charge in [-0.15, -0.1) is 0 Å². The van der Waals surface area contributed by atoms with Crippen LogP contribution in [0.2, 0.25) is 0 Å². The highest BCUT2D eigenvalue weighted by molar-refractivity contribution is 5.63. The van der Waals surface area contributed by atoms with Crippen molar-refractivity contribution < 1.29 is 23.4 Å². The predicted octanol–water partition coefficient (Wildman–Crippen LogP) is 0.639. The lowest BCUT2D eigenvalue weighted by Crippen LogP contribution is -2.08. The van der Waals surface area contributed by atoms with Gasteiger partial charge < -0.3 is 10.2 Å². The van der Waals surface area contributed by atoms with Crippen molar-refractivity contribution in [1.29, 1.82) is 0 Å². The van der Waals surface area contributed by atoms with E-state index in [0.29, 0.717) is 0 Å². The molecule has 1 rings (SSSR count). The van der Waals surface area contributed by atoms with Gasteiger partial charge in [0.1, 0.15) is 11.5 Å². The van der Waals surface area contributed by atoms with Crippen molar-refractivity contribution >= 4 is 5.69 Å². The molecule has 3 N–H and O–H groups in total. The Bertz CT molecular complexity index is 316. The lowest BCUT2D eigenvalue weighted by Gasteiger charge is -2.08. The molecule has 1 aromatic rings. The van der Waals surface area contributed by atoms with Crippen LogP contribution in [0, 0.1) is 0 Å². The minimum atomic E-state index is -0.891. The van der Waals surface area contributed by atoms with E-state index in [9.17, 15) is 5.21 Å². The molecule has 0 spiro atoms. The van der Waals surface area contributed by atoms with Crippen LogP contribution in [0.5, 0.6) is 11.5 Å². The van der Waals surface area contributed by atoms with Crippen molar-refractivity contribution in [3.05, 3.63) is 18.2 Å². The third kappa shape index (κ3) is 1.34. The van der Waals surface area contributed by atoms with Crippen LogP contribution >= 0.6 is 0 Å². The second-order valence-electron chi connectivity index (χ2n) is 1.75. The highest BCUT2D eigenvalue weighted by Gasteiger charge is 2.12. The zero-order valence-electron chi connectivity index (χ0n) is 7.27. The number of rotatable bonds is 1. The molecular formula is C6H6NO4. The van der Waals surface area contributed by atoms with Crippen molar-refractivity contribution in [2.45, 2.75) is 0 Å². The molecule has 1 aromatic carbocycles. The molecule has 1 radical (unpaired) electrons. The summed E-state index contributed by atoms with van der Waals surface area (Å²) in [4.78, 5) is 0. The zero-order chi connectivity index (χ0) is 10.2. The van der Waals surface area contributed by atoms with Gasteiger partial charge in [-0.1, -0.05) is 16.5 Å². The van der Waals surface area contributed by atoms with Crippen molar-refractivity contribution in [2.75, 3.05) is 5.23 Å². The average Bonchev–Trinajstić information content (AvgIpc) is 2.01. The van der Waals surface area contributed by atoms with E-state index in [1.165, 1.54) is 0 Å². The van der Waals surface area contributed by atoms with Crippen molar-refractivity contribution in [3.63, 3.8) is 0 Å². The van der Waals surface area contributed by atoms with E-state index < -0.39 is 34.5 Å². The van der Waals surface area contributed by atoms with Crippen LogP contribution in [0.15, 0.2) is 18.2 Å². The zero-order valence-corrected chi connectivity index (χ0v) is 5.27. The van der Waals surface area contributed by atoms with Crippen LogP contribution in [-0.2, 0) is 5.21 Å². The van der Waals surface area contributed by atoms with Crippen LogP contribution in [0.25, 0.3) is 0 Å². The molecule has 0 atom stereocenters. The van der Waals surface area contributed by atoms with E-state index in [-0.39, 0.29) is 0 Å². The molecule has 11 heavy (non-hydrogen) atoms. The Morgan fingerprint density at radius 2 is 1.82 bits per heavy atom. The molecule has 59 valence electrons. The molecule has 0 unspecified atom stereocenters. The number of para-hydroxylation sites is 1. The normalized spacial score (nSPS) is 12.2. The Labute approximate surface area is 65.1 Å². The number of benzene rings is 1. The summed E-state index contributed by atoms with van der Waals surface area (Å²) < 4.78 is 14.1. The van der Waals surface area contributed by atoms with Crippen LogP contribution in [0.1, 0.15) is 2.74 Å². The van der Waals surface area contributed by atoms with Crippen molar-refractivity contribution in [1.82, 2.24) is 0 Å². The smallest absolute Gasteiger partial charge is 0.181 e. The Kier molecular flexibility index (Phi) is 1.26. The Morgan fingerprint density at radius 3 is 2.18 bits per heavy atom. The second kappa shape index (κ2) is 2.65. The summed E-state index contributed by atoms with van der Waals surface area (Å²) in [5.41, 5.74) is -0.891. The molecular weight excluding hydrogens is 150 g/mol. The first-order valence-electron chi connectivity index (χ1n) is 3.63. The van der Waals surface area contributed by atoms with E-state index in [0.717, 1.165) is 6.07 Å². The summed E-state index contributed by atoms with van der Waals surface area (Å²) in [5, 5.41) is 36.1. The van der Waals surface area contributed by atoms with E-state index in [2.05, 4.69) is 0 Å². The summed E-state index contributed by atoms with van der Waals surface area (Å²) in [5.74, 6) is -1.74. The highest BCUT2D eigenvalue weighted by atomic mass is 16.8. The third-order valence-electron chi connectivity index (χ3n) is 1.06. The van der Waals surface area contributed by atoms with Crippen molar-refractivity contribution in [3.8, 4) is 11.5 Å². The fourth-order valence-corrected chi connectivity index (χ4v) is 0.603. The van der Waals surface area contributed by atoms with Gasteiger partial charge in [0.05, 0.1) is 2.74 Å². The van der Waals surface area contributed by atoms with Gasteiger partial charge in [0.2, 0.25) is 0 Å². The lowest BCUT2D eigenvalue weighted by atomic mass is 10.3. The molecule has 0 saturated heterocycles. The number of aromatic hydroxyl groups is 2. The molecule has 0 fully saturated rings. The van der Waals surface area contributed by atoms with Gasteiger partial charge in [0, 0.05) is 0 Å². The highest BCUT2D eigenvalue weighted by Crippen LogP contribution is 2.34. The van der Waals surface area contributed by atoms with E-state index in [4.69, 9.17) is 18.2 Å². The van der Waals surface area contributed by atoms with Crippen LogP contribution in [0.3, 0.4) is 0 Å². The third-order valence-corrected chi connectivity index (χ3v) is 1.06. The van der Waals surface area contributed by atoms with Gasteiger partial charge in [-0.25, -0.2) is 0 Å². The molecule has 0 bridgehead atoms. The quantitative estimate of drug-likeness (QED) is 0.523. The molecule has 0 heterocycles. The maximum Gasteiger partial charge on any atom is 0.181 e. The van der Waals surface area contributed by atoms with Crippen LogP contribution in [0.4, 0.5) is 5.69 Å². The molecule has 5 heteroatoms. The first kappa shape index (κ1) is 5.22. The van der Waals surface area contributed by atoms with Gasteiger partial charge >= 0.3 is 0 Å². The Morgan fingerprint density at radius 1 is 1.36 bits per heavy atom. The van der Waals surface area contributed by atoms with Gasteiger partial charge in [0.15, 0.2) is 5.69 Å². The first-order chi connectivity index (χ1) is 5.95. The number of phenolic OH excluding ortho intramolecular Hbond substituents is 2. The Hall–Kier alpha value is -1.46. The van der Waals surface area contributed by atoms with Crippen molar-refractivity contribution in [2.24, 2.45) is 0 Å². The second-order valence-corrected chi connectivity index (χ2v) is 1.75. The monoisotopic (exact) mass is 158 g/mol. The van der Waals surface area contributed by atoms with Crippen LogP contribution < -0.4 is 5.23 Å². The number of nitrogens with zero attached hydrogens (tertiary/aromatic N) is 1. The number of phenols is 2. The molecule has 0 aliphatic heterocycles. The molecule has 0 aromatic heterocycles. The molecule has 0 amide bonds. The van der Waals surface area contributed by atoms with E-state index in [1.54, 1.807) is 0 Å². The van der Waals surface area contributed by atoms with Crippen LogP contribution in [-0.4, -0.2) is 15.4 Å². The maximum atomic E-state index is 10.4. The number of anilines is 1. The average molecular weight is 158 g/mol. The topological polar surface area (TPSA) is 83.8 Å². The van der Waals surface area contributed by atoms with E-state index >= 15 is 0 Å². The van der Waals surface area contributed by atoms with Gasteiger partial charge in [-0.3, -0.25) is 5.21 Å². The van der Waals surface area contributed by atoms with Gasteiger partial charge in [-0.05, 0) is 12.1 Å². The van der Waals surface area contributed by atoms with Gasteiger partial charge in [-0.2, -0.15) is 0 Å². The fraction of sp³-hybridized carbons (Fsp3) is 0. The largest absolute Gasteiger partial charge is 0.505 e. The summed E-state index contributed by atoms with van der Waals surface area (Å²) in [6.07, 6.45) is 0. The summed E-state index contributed by atoms with van der Waals surface area (Å²) >= 11 is 0. The number of hydrogen-bond acceptors (Lipinski definition) is 4.